The van der Waals surface area contributed by atoms with Gasteiger partial charge in [-0.15, -0.1) is 0 Å². The van der Waals surface area contributed by atoms with Gasteiger partial charge in [0.2, 0.25) is 5.88 Å². The van der Waals surface area contributed by atoms with E-state index in [-0.39, 0.29) is 5.75 Å². The van der Waals surface area contributed by atoms with Crippen LogP contribution in [0.5, 0.6) is 11.6 Å². The molecular weight excluding hydrogens is 259 g/mol. The molecule has 106 valence electrons. The van der Waals surface area contributed by atoms with E-state index in [1.165, 1.54) is 0 Å². The first-order valence-electron chi connectivity index (χ1n) is 6.34. The molecule has 20 heavy (non-hydrogen) atoms. The van der Waals surface area contributed by atoms with E-state index >= 15 is 0 Å². The number of nitrogen functional groups attached to an aromatic ring is 1. The molecule has 0 aliphatic rings. The predicted octanol–water partition coefficient (Wildman–Crippen LogP) is 2.87. The molecule has 0 atom stereocenters. The number of rotatable bonds is 4. The lowest BCUT2D eigenvalue weighted by molar-refractivity contribution is 0.420. The largest absolute Gasteiger partial charge is 0.435 e. The average molecular weight is 276 g/mol. The van der Waals surface area contributed by atoms with Crippen molar-refractivity contribution in [2.75, 3.05) is 5.43 Å². The number of hydrogen-bond acceptors (Lipinski definition) is 5. The summed E-state index contributed by atoms with van der Waals surface area (Å²) in [6.07, 6.45) is 0.627. The van der Waals surface area contributed by atoms with E-state index in [4.69, 9.17) is 10.6 Å². The first kappa shape index (κ1) is 14.2. The number of ether oxygens (including phenoxy) is 1. The highest BCUT2D eigenvalue weighted by molar-refractivity contribution is 5.49. The minimum atomic E-state index is -0.397. The third-order valence-corrected chi connectivity index (χ3v) is 2.96. The third-order valence-electron chi connectivity index (χ3n) is 2.96. The summed E-state index contributed by atoms with van der Waals surface area (Å²) in [5.74, 6) is 6.51. The summed E-state index contributed by atoms with van der Waals surface area (Å²) < 4.78 is 19.6. The number of nitrogens with two attached hydrogens (primary N) is 1. The molecule has 3 N–H and O–H groups in total. The maximum Gasteiger partial charge on any atom is 0.227 e. The second-order valence-corrected chi connectivity index (χ2v) is 4.41. The number of nitrogens with zero attached hydrogens (tertiary/aromatic N) is 2. The molecule has 0 aliphatic carbocycles. The van der Waals surface area contributed by atoms with Gasteiger partial charge in [0, 0.05) is 6.42 Å². The van der Waals surface area contributed by atoms with Crippen LogP contribution >= 0.6 is 0 Å². The number of aromatic nitrogens is 2. The lowest BCUT2D eigenvalue weighted by atomic mass is 10.2. The van der Waals surface area contributed by atoms with Gasteiger partial charge >= 0.3 is 0 Å². The van der Waals surface area contributed by atoms with E-state index in [0.29, 0.717) is 35.1 Å². The monoisotopic (exact) mass is 276 g/mol. The van der Waals surface area contributed by atoms with Gasteiger partial charge in [0.1, 0.15) is 11.6 Å². The fourth-order valence-electron chi connectivity index (χ4n) is 1.74. The molecule has 0 fully saturated rings. The van der Waals surface area contributed by atoms with Crippen molar-refractivity contribution in [2.45, 2.75) is 27.2 Å². The molecule has 1 aromatic carbocycles. The summed E-state index contributed by atoms with van der Waals surface area (Å²) in [5.41, 5.74) is 3.64. The fraction of sp³-hybridized carbons (Fsp3) is 0.286. The number of halogens is 1. The predicted molar refractivity (Wildman–Crippen MR) is 75.2 cm³/mol. The van der Waals surface area contributed by atoms with Crippen LogP contribution in [0.25, 0.3) is 0 Å². The van der Waals surface area contributed by atoms with Gasteiger partial charge in [0.05, 0.1) is 5.56 Å². The molecule has 0 saturated carbocycles. The van der Waals surface area contributed by atoms with Gasteiger partial charge in [0.25, 0.3) is 0 Å². The van der Waals surface area contributed by atoms with Gasteiger partial charge in [0.15, 0.2) is 11.6 Å². The van der Waals surface area contributed by atoms with Gasteiger partial charge in [-0.25, -0.2) is 15.2 Å². The Hall–Kier alpha value is -2.21. The molecule has 0 aliphatic heterocycles. The summed E-state index contributed by atoms with van der Waals surface area (Å²) >= 11 is 0. The summed E-state index contributed by atoms with van der Waals surface area (Å²) in [4.78, 5) is 8.50. The second-order valence-electron chi connectivity index (χ2n) is 4.41. The molecule has 0 bridgehead atoms. The van der Waals surface area contributed by atoms with Gasteiger partial charge in [-0.1, -0.05) is 19.1 Å². The Balaban J connectivity index is 2.45. The molecule has 0 saturated heterocycles. The van der Waals surface area contributed by atoms with Crippen molar-refractivity contribution in [2.24, 2.45) is 5.84 Å². The van der Waals surface area contributed by atoms with Crippen LogP contribution < -0.4 is 16.0 Å². The number of hydrogen-bond donors (Lipinski definition) is 2. The Morgan fingerprint density at radius 1 is 1.30 bits per heavy atom. The van der Waals surface area contributed by atoms with E-state index in [1.54, 1.807) is 32.0 Å². The van der Waals surface area contributed by atoms with Crippen molar-refractivity contribution in [3.8, 4) is 11.6 Å². The first-order chi connectivity index (χ1) is 9.56. The Labute approximate surface area is 117 Å². The zero-order valence-corrected chi connectivity index (χ0v) is 11.7. The zero-order valence-electron chi connectivity index (χ0n) is 11.7. The zero-order chi connectivity index (χ0) is 14.7. The van der Waals surface area contributed by atoms with Crippen LogP contribution in [0, 0.1) is 19.7 Å². The van der Waals surface area contributed by atoms with E-state index in [0.717, 1.165) is 0 Å². The minimum Gasteiger partial charge on any atom is -0.435 e. The van der Waals surface area contributed by atoms with Crippen molar-refractivity contribution in [1.82, 2.24) is 9.97 Å². The van der Waals surface area contributed by atoms with Gasteiger partial charge in [-0.05, 0) is 25.5 Å². The van der Waals surface area contributed by atoms with E-state index in [2.05, 4.69) is 15.4 Å². The van der Waals surface area contributed by atoms with Gasteiger partial charge < -0.3 is 10.2 Å². The molecule has 1 heterocycles. The molecule has 6 heteroatoms. The molecule has 0 unspecified atom stereocenters. The van der Waals surface area contributed by atoms with Crippen LogP contribution in [-0.4, -0.2) is 9.97 Å². The SMILES string of the molecule is CCc1nc(NN)c(C)c(Oc2cccc(C)c2F)n1. The standard InChI is InChI=1S/C14H17FN4O/c1-4-11-17-13(19-16)9(3)14(18-11)20-10-7-5-6-8(2)12(10)15/h5-7H,4,16H2,1-3H3,(H,17,18,19). The third kappa shape index (κ3) is 2.70. The Bertz CT molecular complexity index is 631. The first-order valence-corrected chi connectivity index (χ1v) is 6.34. The Morgan fingerprint density at radius 3 is 2.70 bits per heavy atom. The summed E-state index contributed by atoms with van der Waals surface area (Å²) in [7, 11) is 0. The van der Waals surface area contributed by atoms with Crippen LogP contribution in [0.15, 0.2) is 18.2 Å². The lowest BCUT2D eigenvalue weighted by Crippen LogP contribution is -2.13. The van der Waals surface area contributed by atoms with E-state index in [1.807, 2.05) is 6.92 Å². The molecule has 1 aromatic heterocycles. The van der Waals surface area contributed by atoms with Crippen molar-refractivity contribution in [3.63, 3.8) is 0 Å². The van der Waals surface area contributed by atoms with E-state index in [9.17, 15) is 4.39 Å². The Kier molecular flexibility index (Phi) is 4.14. The maximum atomic E-state index is 14.0. The molecule has 2 rings (SSSR count). The second kappa shape index (κ2) is 5.83. The Morgan fingerprint density at radius 2 is 2.05 bits per heavy atom. The number of nitrogens with one attached hydrogen (secondary N) is 1. The maximum absolute atomic E-state index is 14.0. The molecule has 0 spiro atoms. The van der Waals surface area contributed by atoms with Crippen LogP contribution in [0.4, 0.5) is 10.2 Å². The van der Waals surface area contributed by atoms with Crippen LogP contribution in [0.2, 0.25) is 0 Å². The van der Waals surface area contributed by atoms with Crippen LogP contribution in [0.1, 0.15) is 23.9 Å². The van der Waals surface area contributed by atoms with Crippen molar-refractivity contribution >= 4 is 5.82 Å². The highest BCUT2D eigenvalue weighted by atomic mass is 19.1. The van der Waals surface area contributed by atoms with E-state index < -0.39 is 5.82 Å². The molecule has 0 amide bonds. The fourth-order valence-corrected chi connectivity index (χ4v) is 1.74. The topological polar surface area (TPSA) is 73.1 Å². The molecule has 5 nitrogen and oxygen atoms in total. The van der Waals surface area contributed by atoms with Crippen molar-refractivity contribution in [1.29, 1.82) is 0 Å². The van der Waals surface area contributed by atoms with Crippen molar-refractivity contribution in [3.05, 3.63) is 41.0 Å². The minimum absolute atomic E-state index is 0.136. The number of hydrazine groups is 1. The van der Waals surface area contributed by atoms with Gasteiger partial charge in [-0.3, -0.25) is 0 Å². The van der Waals surface area contributed by atoms with Crippen LogP contribution in [0.3, 0.4) is 0 Å². The lowest BCUT2D eigenvalue weighted by Gasteiger charge is -2.13. The number of aryl methyl sites for hydroxylation is 2. The van der Waals surface area contributed by atoms with Gasteiger partial charge in [-0.2, -0.15) is 4.98 Å². The summed E-state index contributed by atoms with van der Waals surface area (Å²) in [6, 6.07) is 4.97. The number of anilines is 1. The van der Waals surface area contributed by atoms with Crippen molar-refractivity contribution < 1.29 is 9.13 Å². The van der Waals surface area contributed by atoms with Crippen LogP contribution in [-0.2, 0) is 6.42 Å². The highest BCUT2D eigenvalue weighted by Gasteiger charge is 2.14. The average Bonchev–Trinajstić information content (AvgIpc) is 2.45. The number of benzene rings is 1. The smallest absolute Gasteiger partial charge is 0.227 e. The molecule has 0 radical (unpaired) electrons. The normalized spacial score (nSPS) is 10.4. The quantitative estimate of drug-likeness (QED) is 0.663. The molecule has 2 aromatic rings. The summed E-state index contributed by atoms with van der Waals surface area (Å²) in [5, 5.41) is 0. The highest BCUT2D eigenvalue weighted by Crippen LogP contribution is 2.29. The summed E-state index contributed by atoms with van der Waals surface area (Å²) in [6.45, 7) is 5.36. The molecular formula is C14H17FN4O.